The lowest BCUT2D eigenvalue weighted by Crippen LogP contribution is -2.47. The van der Waals surface area contributed by atoms with E-state index in [1.165, 1.54) is 0 Å². The minimum atomic E-state index is -0.675. The minimum Gasteiger partial charge on any atom is -0.444 e. The Morgan fingerprint density at radius 3 is 2.32 bits per heavy atom. The number of benzene rings is 2. The molecule has 3 aliphatic rings. The minimum absolute atomic E-state index is 0.0317. The Balaban J connectivity index is 1.18. The van der Waals surface area contributed by atoms with Crippen molar-refractivity contribution in [1.82, 2.24) is 20.9 Å². The molecule has 6 atom stereocenters. The van der Waals surface area contributed by atoms with Crippen molar-refractivity contribution in [3.63, 3.8) is 0 Å². The molecule has 12 heteroatoms. The van der Waals surface area contributed by atoms with E-state index in [1.807, 2.05) is 89.2 Å². The number of alkyl carbamates (subject to hydrolysis) is 1. The van der Waals surface area contributed by atoms with Crippen LogP contribution in [0.4, 0.5) is 10.5 Å². The molecule has 5 rings (SSSR count). The van der Waals surface area contributed by atoms with Gasteiger partial charge in [0, 0.05) is 49.4 Å². The standard InChI is InChI=1S/C57H83N5O7/c1-10-11-25-46(49(64)28-17-13-16-27-48(63)44-24-18-23-41-36-51(61-52(41)44)57(9)31-20-32-58-57)60-53(66)45(39(4)5)37-50(65)47-26-19-33-62(47)54(67)42(35-40-21-14-12-15-22-40)29-30-43(34-38(2)3)59-55(68)69-56(6,7)8/h12,14-15,18,21-24,29-30,38-39,42-43,45-47,58H,10-11,13,16-17,19-20,25-28,31-37H2,1-9H3,(H,59,68)(H,60,66)/b30-29+/t42-,43-,45+,46+,47+,57+/m1/s1. The van der Waals surface area contributed by atoms with E-state index in [0.29, 0.717) is 76.3 Å². The first kappa shape index (κ1) is 55.0. The van der Waals surface area contributed by atoms with E-state index in [2.05, 4.69) is 49.7 Å². The number of hydrogen-bond donors (Lipinski definition) is 3. The van der Waals surface area contributed by atoms with E-state index in [4.69, 9.17) is 9.73 Å². The molecule has 69 heavy (non-hydrogen) atoms. The van der Waals surface area contributed by atoms with E-state index < -0.39 is 35.6 Å². The van der Waals surface area contributed by atoms with Crippen molar-refractivity contribution in [2.24, 2.45) is 28.7 Å². The summed E-state index contributed by atoms with van der Waals surface area (Å²) in [5.74, 6) is -1.79. The summed E-state index contributed by atoms with van der Waals surface area (Å²) in [6, 6.07) is 14.0. The van der Waals surface area contributed by atoms with Crippen LogP contribution in [0.15, 0.2) is 65.7 Å². The summed E-state index contributed by atoms with van der Waals surface area (Å²) in [5.41, 5.74) is 3.89. The van der Waals surface area contributed by atoms with Crippen LogP contribution in [0.1, 0.15) is 174 Å². The maximum absolute atomic E-state index is 14.6. The van der Waals surface area contributed by atoms with Gasteiger partial charge in [-0.1, -0.05) is 108 Å². The van der Waals surface area contributed by atoms with Crippen LogP contribution in [0.25, 0.3) is 0 Å². The van der Waals surface area contributed by atoms with Crippen molar-refractivity contribution in [1.29, 1.82) is 0 Å². The summed E-state index contributed by atoms with van der Waals surface area (Å²) in [6.07, 6.45) is 13.1. The molecule has 2 aromatic carbocycles. The number of rotatable bonds is 26. The maximum atomic E-state index is 14.6. The highest BCUT2D eigenvalue weighted by molar-refractivity contribution is 6.07. The smallest absolute Gasteiger partial charge is 0.408 e. The van der Waals surface area contributed by atoms with Crippen LogP contribution < -0.4 is 16.0 Å². The van der Waals surface area contributed by atoms with E-state index in [1.54, 1.807) is 4.90 Å². The van der Waals surface area contributed by atoms with Crippen LogP contribution >= 0.6 is 0 Å². The maximum Gasteiger partial charge on any atom is 0.408 e. The zero-order valence-electron chi connectivity index (χ0n) is 43.3. The van der Waals surface area contributed by atoms with Crippen molar-refractivity contribution in [3.05, 3.63) is 77.4 Å². The molecule has 3 amide bonds. The molecule has 2 fully saturated rings. The molecule has 0 spiro atoms. The molecule has 0 unspecified atom stereocenters. The van der Waals surface area contributed by atoms with Crippen LogP contribution in [-0.4, -0.2) is 88.2 Å². The molecule has 2 saturated heterocycles. The van der Waals surface area contributed by atoms with Gasteiger partial charge in [-0.05, 0) is 121 Å². The van der Waals surface area contributed by atoms with Gasteiger partial charge in [-0.3, -0.25) is 29.0 Å². The van der Waals surface area contributed by atoms with Crippen molar-refractivity contribution < 1.29 is 33.5 Å². The summed E-state index contributed by atoms with van der Waals surface area (Å²) in [4.78, 5) is 89.7. The number of ketones is 3. The number of amides is 3. The number of para-hydroxylation sites is 1. The van der Waals surface area contributed by atoms with Gasteiger partial charge in [0.2, 0.25) is 11.8 Å². The van der Waals surface area contributed by atoms with Gasteiger partial charge in [-0.2, -0.15) is 0 Å². The molecule has 0 aromatic heterocycles. The Morgan fingerprint density at radius 2 is 1.65 bits per heavy atom. The number of unbranched alkanes of at least 4 members (excludes halogenated alkanes) is 3. The quantitative estimate of drug-likeness (QED) is 0.0477. The summed E-state index contributed by atoms with van der Waals surface area (Å²) in [7, 11) is 0. The highest BCUT2D eigenvalue weighted by Crippen LogP contribution is 2.37. The number of likely N-dealkylation sites (tertiary alicyclic amines) is 1. The fraction of sp³-hybridized carbons (Fsp3) is 0.632. The topological polar surface area (TPSA) is 163 Å². The van der Waals surface area contributed by atoms with Gasteiger partial charge in [0.25, 0.3) is 0 Å². The Hall–Kier alpha value is -4.97. The molecule has 0 aliphatic carbocycles. The predicted octanol–water partition coefficient (Wildman–Crippen LogP) is 10.4. The van der Waals surface area contributed by atoms with Crippen LogP contribution in [-0.2, 0) is 36.8 Å². The van der Waals surface area contributed by atoms with E-state index in [-0.39, 0.29) is 59.0 Å². The van der Waals surface area contributed by atoms with Gasteiger partial charge < -0.3 is 25.6 Å². The summed E-state index contributed by atoms with van der Waals surface area (Å²) in [6.45, 7) is 19.1. The number of nitrogens with zero attached hydrogens (tertiary/aromatic N) is 2. The third kappa shape index (κ3) is 16.3. The van der Waals surface area contributed by atoms with E-state index in [0.717, 1.165) is 61.2 Å². The molecule has 2 aromatic rings. The zero-order chi connectivity index (χ0) is 50.3. The van der Waals surface area contributed by atoms with E-state index in [9.17, 15) is 28.8 Å². The number of Topliss-reactive ketones (excluding diaryl/α,β-unsaturated/α-hetero) is 3. The van der Waals surface area contributed by atoms with Crippen LogP contribution in [0.2, 0.25) is 0 Å². The van der Waals surface area contributed by atoms with Crippen LogP contribution in [0.3, 0.4) is 0 Å². The average molecular weight is 950 g/mol. The fourth-order valence-electron chi connectivity index (χ4n) is 10.1. The van der Waals surface area contributed by atoms with Gasteiger partial charge in [0.15, 0.2) is 17.3 Å². The average Bonchev–Trinajstić information content (AvgIpc) is 4.08. The molecular formula is C57H83N5O7. The van der Waals surface area contributed by atoms with Gasteiger partial charge >= 0.3 is 6.09 Å². The molecule has 0 saturated carbocycles. The highest BCUT2D eigenvalue weighted by Gasteiger charge is 2.40. The first-order chi connectivity index (χ1) is 32.8. The number of carbonyl (C=O) groups excluding carboxylic acids is 6. The van der Waals surface area contributed by atoms with E-state index >= 15 is 0 Å². The third-order valence-electron chi connectivity index (χ3n) is 14.0. The van der Waals surface area contributed by atoms with Crippen LogP contribution in [0.5, 0.6) is 0 Å². The Labute approximate surface area is 413 Å². The highest BCUT2D eigenvalue weighted by atomic mass is 16.6. The van der Waals surface area contributed by atoms with Crippen molar-refractivity contribution in [2.75, 3.05) is 13.1 Å². The molecule has 0 radical (unpaired) electrons. The Kier molecular flexibility index (Phi) is 20.5. The lowest BCUT2D eigenvalue weighted by molar-refractivity contribution is -0.141. The number of nitrogens with one attached hydrogen (secondary N) is 3. The monoisotopic (exact) mass is 950 g/mol. The van der Waals surface area contributed by atoms with Crippen LogP contribution in [0, 0.1) is 23.7 Å². The lowest BCUT2D eigenvalue weighted by Gasteiger charge is -2.29. The zero-order valence-corrected chi connectivity index (χ0v) is 43.3. The summed E-state index contributed by atoms with van der Waals surface area (Å²) in [5, 5.41) is 9.63. The number of carbonyl (C=O) groups is 6. The van der Waals surface area contributed by atoms with Gasteiger partial charge in [0.05, 0.1) is 35.3 Å². The largest absolute Gasteiger partial charge is 0.444 e. The number of hydrogen-bond acceptors (Lipinski definition) is 9. The lowest BCUT2D eigenvalue weighted by atomic mass is 9.86. The second-order valence-electron chi connectivity index (χ2n) is 21.8. The van der Waals surface area contributed by atoms with Crippen molar-refractivity contribution in [3.8, 4) is 0 Å². The molecule has 3 aliphatic heterocycles. The SMILES string of the molecule is CCCC[C@H](NC(=O)[C@@H](CC(=O)[C@@H]1CCCN1C(=O)[C@H](/C=C/[C@H](CC(C)C)NC(=O)OC(C)(C)C)Cc1ccccc1)C(C)C)C(=O)CCCCCC(=O)c1cccc2c1N=C([C@]1(C)CCCN1)C2. The normalized spacial score (nSPS) is 19.8. The molecule has 3 heterocycles. The first-order valence-electron chi connectivity index (χ1n) is 26.1. The fourth-order valence-corrected chi connectivity index (χ4v) is 10.1. The molecule has 12 nitrogen and oxygen atoms in total. The Morgan fingerprint density at radius 1 is 0.913 bits per heavy atom. The van der Waals surface area contributed by atoms with Crippen molar-refractivity contribution >= 4 is 46.7 Å². The number of aliphatic imine (C=N–C) groups is 1. The number of ether oxygens (including phenoxy) is 1. The van der Waals surface area contributed by atoms with Gasteiger partial charge in [-0.15, -0.1) is 0 Å². The summed E-state index contributed by atoms with van der Waals surface area (Å²) < 4.78 is 5.55. The molecule has 378 valence electrons. The third-order valence-corrected chi connectivity index (χ3v) is 14.0. The second-order valence-corrected chi connectivity index (χ2v) is 21.8. The molecule has 0 bridgehead atoms. The Bertz CT molecular complexity index is 2130. The number of fused-ring (bicyclic) bond motifs is 1. The van der Waals surface area contributed by atoms with Gasteiger partial charge in [0.1, 0.15) is 5.60 Å². The molecule has 3 N–H and O–H groups in total. The molecular weight excluding hydrogens is 867 g/mol. The predicted molar refractivity (Wildman–Crippen MR) is 275 cm³/mol. The summed E-state index contributed by atoms with van der Waals surface area (Å²) >= 11 is 0. The van der Waals surface area contributed by atoms with Gasteiger partial charge in [-0.25, -0.2) is 4.79 Å². The van der Waals surface area contributed by atoms with Crippen molar-refractivity contribution in [2.45, 2.75) is 194 Å². The second kappa shape index (κ2) is 25.8. The first-order valence-corrected chi connectivity index (χ1v) is 26.1.